The molecule has 0 atom stereocenters. The van der Waals surface area contributed by atoms with Crippen LogP contribution in [-0.2, 0) is 14.9 Å². The molecular formula is C9H13NO3S. The lowest BCUT2D eigenvalue weighted by molar-refractivity contribution is 0.442. The molecule has 1 rings (SSSR count). The average Bonchev–Trinajstić information content (AvgIpc) is 2.02. The molecule has 0 amide bonds. The summed E-state index contributed by atoms with van der Waals surface area (Å²) >= 11 is 0. The van der Waals surface area contributed by atoms with E-state index in [9.17, 15) is 8.42 Å². The summed E-state index contributed by atoms with van der Waals surface area (Å²) in [6.45, 7) is 4.62. The van der Waals surface area contributed by atoms with Gasteiger partial charge in [-0.15, -0.1) is 0 Å². The van der Waals surface area contributed by atoms with E-state index in [1.807, 2.05) is 0 Å². The van der Waals surface area contributed by atoms with E-state index in [0.29, 0.717) is 5.69 Å². The van der Waals surface area contributed by atoms with Crippen molar-refractivity contribution in [2.75, 3.05) is 0 Å². The zero-order valence-corrected chi connectivity index (χ0v) is 9.17. The Hall–Kier alpha value is -0.940. The van der Waals surface area contributed by atoms with Gasteiger partial charge < -0.3 is 0 Å². The summed E-state index contributed by atoms with van der Waals surface area (Å²) in [5.41, 5.74) is 1.12. The minimum absolute atomic E-state index is 0.377. The first-order chi connectivity index (χ1) is 6.27. The van der Waals surface area contributed by atoms with E-state index in [1.54, 1.807) is 19.1 Å². The summed E-state index contributed by atoms with van der Waals surface area (Å²) in [7, 11) is -4.14. The van der Waals surface area contributed by atoms with E-state index in [2.05, 4.69) is 4.98 Å². The number of pyridine rings is 1. The van der Waals surface area contributed by atoms with Gasteiger partial charge >= 0.3 is 0 Å². The molecule has 0 aliphatic rings. The van der Waals surface area contributed by atoms with Crippen molar-refractivity contribution in [1.29, 1.82) is 0 Å². The normalized spacial score (nSPS) is 12.9. The number of aromatic nitrogens is 1. The minimum Gasteiger partial charge on any atom is -0.285 e. The summed E-state index contributed by atoms with van der Waals surface area (Å²) < 4.78 is 29.9. The zero-order valence-electron chi connectivity index (χ0n) is 8.35. The molecule has 78 valence electrons. The van der Waals surface area contributed by atoms with Gasteiger partial charge in [-0.25, -0.2) is 0 Å². The van der Waals surface area contributed by atoms with Crippen LogP contribution in [0.3, 0.4) is 0 Å². The van der Waals surface area contributed by atoms with Crippen LogP contribution in [0.1, 0.15) is 25.1 Å². The first-order valence-electron chi connectivity index (χ1n) is 4.16. The monoisotopic (exact) mass is 215 g/mol. The number of nitrogens with zero attached hydrogens (tertiary/aromatic N) is 1. The Morgan fingerprint density at radius 3 is 2.43 bits per heavy atom. The van der Waals surface area contributed by atoms with E-state index >= 15 is 0 Å². The molecule has 1 aromatic heterocycles. The predicted octanol–water partition coefficient (Wildman–Crippen LogP) is 1.51. The quantitative estimate of drug-likeness (QED) is 0.759. The molecule has 4 nitrogen and oxygen atoms in total. The third-order valence-electron chi connectivity index (χ3n) is 2.22. The SMILES string of the molecule is Cc1cccnc1C(C)(C)S(=O)(=O)O. The molecule has 1 heterocycles. The Morgan fingerprint density at radius 2 is 2.00 bits per heavy atom. The maximum atomic E-state index is 11.1. The topological polar surface area (TPSA) is 67.3 Å². The first kappa shape index (κ1) is 11.1. The second kappa shape index (κ2) is 3.33. The van der Waals surface area contributed by atoms with Gasteiger partial charge in [0.25, 0.3) is 10.1 Å². The lowest BCUT2D eigenvalue weighted by Gasteiger charge is -2.21. The lowest BCUT2D eigenvalue weighted by atomic mass is 10.0. The summed E-state index contributed by atoms with van der Waals surface area (Å²) in [5.74, 6) is 0. The highest BCUT2D eigenvalue weighted by Crippen LogP contribution is 2.28. The maximum absolute atomic E-state index is 11.1. The molecule has 1 aromatic rings. The molecule has 1 N–H and O–H groups in total. The highest BCUT2D eigenvalue weighted by Gasteiger charge is 2.37. The molecule has 0 unspecified atom stereocenters. The number of hydrogen-bond donors (Lipinski definition) is 1. The van der Waals surface area contributed by atoms with Crippen molar-refractivity contribution in [1.82, 2.24) is 4.98 Å². The predicted molar refractivity (Wildman–Crippen MR) is 53.5 cm³/mol. The van der Waals surface area contributed by atoms with Gasteiger partial charge in [-0.1, -0.05) is 6.07 Å². The van der Waals surface area contributed by atoms with Gasteiger partial charge in [0.05, 0.1) is 5.69 Å². The van der Waals surface area contributed by atoms with Crippen LogP contribution in [0.25, 0.3) is 0 Å². The number of rotatable bonds is 2. The van der Waals surface area contributed by atoms with Crippen molar-refractivity contribution >= 4 is 10.1 Å². The van der Waals surface area contributed by atoms with Crippen LogP contribution in [0, 0.1) is 6.92 Å². The van der Waals surface area contributed by atoms with Crippen LogP contribution in [0.15, 0.2) is 18.3 Å². The summed E-state index contributed by atoms with van der Waals surface area (Å²) in [6, 6.07) is 3.48. The van der Waals surface area contributed by atoms with Crippen molar-refractivity contribution in [3.05, 3.63) is 29.6 Å². The summed E-state index contributed by atoms with van der Waals surface area (Å²) in [6.07, 6.45) is 1.51. The molecule has 14 heavy (non-hydrogen) atoms. The zero-order chi connectivity index (χ0) is 11.0. The van der Waals surface area contributed by atoms with Crippen molar-refractivity contribution in [2.24, 2.45) is 0 Å². The second-order valence-electron chi connectivity index (χ2n) is 3.65. The van der Waals surface area contributed by atoms with Gasteiger partial charge in [0.2, 0.25) is 0 Å². The van der Waals surface area contributed by atoms with E-state index in [0.717, 1.165) is 5.56 Å². The van der Waals surface area contributed by atoms with Gasteiger partial charge in [-0.3, -0.25) is 9.54 Å². The molecule has 5 heteroatoms. The van der Waals surface area contributed by atoms with Crippen LogP contribution >= 0.6 is 0 Å². The Labute approximate surface area is 83.7 Å². The molecule has 0 fully saturated rings. The number of aryl methyl sites for hydroxylation is 1. The highest BCUT2D eigenvalue weighted by atomic mass is 32.2. The fourth-order valence-corrected chi connectivity index (χ4v) is 1.70. The molecular weight excluding hydrogens is 202 g/mol. The fraction of sp³-hybridized carbons (Fsp3) is 0.444. The van der Waals surface area contributed by atoms with E-state index in [4.69, 9.17) is 4.55 Å². The second-order valence-corrected chi connectivity index (χ2v) is 5.63. The third-order valence-corrected chi connectivity index (χ3v) is 3.71. The fourth-order valence-electron chi connectivity index (χ4n) is 1.24. The maximum Gasteiger partial charge on any atom is 0.275 e. The van der Waals surface area contributed by atoms with Gasteiger partial charge in [0.15, 0.2) is 0 Å². The van der Waals surface area contributed by atoms with Crippen LogP contribution in [0.2, 0.25) is 0 Å². The largest absolute Gasteiger partial charge is 0.285 e. The molecule has 0 aromatic carbocycles. The molecule has 0 aliphatic heterocycles. The summed E-state index contributed by atoms with van der Waals surface area (Å²) in [4.78, 5) is 3.98. The van der Waals surface area contributed by atoms with Crippen LogP contribution in [0.4, 0.5) is 0 Å². The molecule has 0 bridgehead atoms. The van der Waals surface area contributed by atoms with Gasteiger partial charge in [0.1, 0.15) is 4.75 Å². The Bertz CT molecular complexity index is 437. The average molecular weight is 215 g/mol. The minimum atomic E-state index is -4.14. The Morgan fingerprint density at radius 1 is 1.43 bits per heavy atom. The van der Waals surface area contributed by atoms with Crippen molar-refractivity contribution in [3.63, 3.8) is 0 Å². The standard InChI is InChI=1S/C9H13NO3S/c1-7-5-4-6-10-8(7)9(2,3)14(11,12)13/h4-6H,1-3H3,(H,11,12,13). The molecule has 0 saturated carbocycles. The molecule has 0 saturated heterocycles. The Balaban J connectivity index is 3.38. The first-order valence-corrected chi connectivity index (χ1v) is 5.60. The van der Waals surface area contributed by atoms with Crippen molar-refractivity contribution in [2.45, 2.75) is 25.5 Å². The molecule has 0 aliphatic carbocycles. The van der Waals surface area contributed by atoms with Crippen LogP contribution < -0.4 is 0 Å². The number of hydrogen-bond acceptors (Lipinski definition) is 3. The van der Waals surface area contributed by atoms with Gasteiger partial charge in [0, 0.05) is 6.20 Å². The Kier molecular flexibility index (Phi) is 2.65. The van der Waals surface area contributed by atoms with Crippen molar-refractivity contribution < 1.29 is 13.0 Å². The van der Waals surface area contributed by atoms with Gasteiger partial charge in [-0.2, -0.15) is 8.42 Å². The third kappa shape index (κ3) is 1.78. The van der Waals surface area contributed by atoms with Crippen LogP contribution in [-0.4, -0.2) is 18.0 Å². The smallest absolute Gasteiger partial charge is 0.275 e. The summed E-state index contributed by atoms with van der Waals surface area (Å²) in [5, 5.41) is 0. The van der Waals surface area contributed by atoms with E-state index in [-0.39, 0.29) is 0 Å². The lowest BCUT2D eigenvalue weighted by Crippen LogP contribution is -2.30. The highest BCUT2D eigenvalue weighted by molar-refractivity contribution is 7.86. The van der Waals surface area contributed by atoms with Gasteiger partial charge in [-0.05, 0) is 32.4 Å². The van der Waals surface area contributed by atoms with E-state index in [1.165, 1.54) is 20.0 Å². The van der Waals surface area contributed by atoms with E-state index < -0.39 is 14.9 Å². The molecule has 0 spiro atoms. The van der Waals surface area contributed by atoms with Crippen LogP contribution in [0.5, 0.6) is 0 Å². The molecule has 0 radical (unpaired) electrons. The van der Waals surface area contributed by atoms with Crippen molar-refractivity contribution in [3.8, 4) is 0 Å².